The molecule has 4 N–H and O–H groups in total. The highest BCUT2D eigenvalue weighted by Gasteiger charge is 2.45. The molecule has 5 aromatic carbocycles. The molecule has 0 aromatic heterocycles. The minimum atomic E-state index is -5.07. The van der Waals surface area contributed by atoms with Crippen LogP contribution < -0.4 is 32.1 Å². The first-order valence-corrected chi connectivity index (χ1v) is 31.1. The van der Waals surface area contributed by atoms with Gasteiger partial charge in [-0.1, -0.05) is 35.4 Å². The van der Waals surface area contributed by atoms with Crippen molar-refractivity contribution in [3.63, 3.8) is 0 Å². The average Bonchev–Trinajstić information content (AvgIpc) is 1.81. The van der Waals surface area contributed by atoms with E-state index in [9.17, 15) is 43.2 Å². The number of carbonyl (C=O) groups excluding carboxylic acids is 3. The van der Waals surface area contributed by atoms with E-state index in [1.54, 1.807) is 59.7 Å². The van der Waals surface area contributed by atoms with Gasteiger partial charge in [-0.15, -0.1) is 8.42 Å². The van der Waals surface area contributed by atoms with E-state index < -0.39 is 65.3 Å². The van der Waals surface area contributed by atoms with Crippen LogP contribution in [0.2, 0.25) is 0 Å². The number of rotatable bonds is 31. The molecule has 0 bridgehead atoms. The smallest absolute Gasteiger partial charge is 0.493 e. The molecular weight excluding hydrogens is 1210 g/mol. The van der Waals surface area contributed by atoms with Gasteiger partial charge in [-0.25, -0.2) is 0 Å². The number of Topliss-reactive ketones (excluding diaryl/α,β-unsaturated/α-hetero) is 1. The molecule has 2 amide bonds. The molecule has 10 rings (SSSR count). The summed E-state index contributed by atoms with van der Waals surface area (Å²) in [6.07, 6.45) is -2.10. The zero-order chi connectivity index (χ0) is 64.0. The number of fused-ring (bicyclic) bond motifs is 6. The zero-order valence-corrected chi connectivity index (χ0v) is 50.9. The third kappa shape index (κ3) is 16.0. The topological polar surface area (TPSA) is 348 Å². The van der Waals surface area contributed by atoms with Crippen LogP contribution in [-0.2, 0) is 55.3 Å². The first kappa shape index (κ1) is 65.5. The lowest BCUT2D eigenvalue weighted by Gasteiger charge is -2.39. The Bertz CT molecular complexity index is 3660. The highest BCUT2D eigenvalue weighted by Crippen LogP contribution is 2.41. The summed E-state index contributed by atoms with van der Waals surface area (Å²) < 4.78 is 89.9. The van der Waals surface area contributed by atoms with Gasteiger partial charge in [-0.2, -0.15) is 0 Å². The monoisotopic (exact) mass is 1280 g/mol. The molecule has 1 fully saturated rings. The van der Waals surface area contributed by atoms with Gasteiger partial charge < -0.3 is 81.2 Å². The number of aliphatic hydroxyl groups is 4. The highest BCUT2D eigenvalue weighted by molar-refractivity contribution is 7.82. The lowest BCUT2D eigenvalue weighted by Crippen LogP contribution is -2.60. The highest BCUT2D eigenvalue weighted by atomic mass is 32.3. The summed E-state index contributed by atoms with van der Waals surface area (Å²) in [4.78, 5) is 57.3. The molecule has 91 heavy (non-hydrogen) atoms. The first-order chi connectivity index (χ1) is 44.1. The maximum Gasteiger partial charge on any atom is 0.501 e. The van der Waals surface area contributed by atoms with E-state index in [4.69, 9.17) is 66.5 Å². The fraction of sp³-hybridized carbons (Fsp3) is 0.444. The van der Waals surface area contributed by atoms with E-state index in [-0.39, 0.29) is 93.0 Å². The van der Waals surface area contributed by atoms with Gasteiger partial charge in [0, 0.05) is 73.6 Å². The molecule has 28 heteroatoms. The molecule has 0 radical (unpaired) electrons. The number of carbonyl (C=O) groups is 3. The third-order valence-corrected chi connectivity index (χ3v) is 16.6. The lowest BCUT2D eigenvalue weighted by atomic mass is 9.94. The normalized spacial score (nSPS) is 20.5. The summed E-state index contributed by atoms with van der Waals surface area (Å²) in [6.45, 7) is 2.24. The molecule has 7 atom stereocenters. The number of hydrogen-bond donors (Lipinski definition) is 4. The molecule has 5 aromatic rings. The van der Waals surface area contributed by atoms with E-state index in [1.165, 1.54) is 36.9 Å². The zero-order valence-electron chi connectivity index (χ0n) is 50.1. The first-order valence-electron chi connectivity index (χ1n) is 29.8. The Morgan fingerprint density at radius 1 is 0.681 bits per heavy atom. The minimum absolute atomic E-state index is 0.00162. The Labute approximate surface area is 524 Å². The van der Waals surface area contributed by atoms with Crippen molar-refractivity contribution < 1.29 is 94.2 Å². The summed E-state index contributed by atoms with van der Waals surface area (Å²) in [7, 11) is -2.06. The molecular formula is C63H71N7O20S. The minimum Gasteiger partial charge on any atom is -0.493 e. The SMILES string of the molecule is COc1cc2c(cc1OCCCCCOc1cc3c(cc1OC)C(=O)N1Cc4cc(OS(=O)(=O)Oc5cc(C(=O)CCCOCCOCCOCCN=[N+]=[N-])ccc5O[C@@H]5O[C@H](CO)[C@H](O)[C@H](O)[C@@H]5O)ccc4C[C@H]1C=N3)C=NC1Cc3ccccc3CN1C2=O. The quantitative estimate of drug-likeness (QED) is 0.0134. The van der Waals surface area contributed by atoms with Gasteiger partial charge in [0.1, 0.15) is 36.3 Å². The van der Waals surface area contributed by atoms with Gasteiger partial charge in [-0.05, 0) is 108 Å². The summed E-state index contributed by atoms with van der Waals surface area (Å²) in [5.74, 6) is -0.364. The van der Waals surface area contributed by atoms with E-state index in [2.05, 4.69) is 16.1 Å². The van der Waals surface area contributed by atoms with Gasteiger partial charge in [0.25, 0.3) is 11.8 Å². The van der Waals surface area contributed by atoms with E-state index >= 15 is 0 Å². The predicted octanol–water partition coefficient (Wildman–Crippen LogP) is 5.78. The van der Waals surface area contributed by atoms with Crippen LogP contribution in [0.4, 0.5) is 5.69 Å². The largest absolute Gasteiger partial charge is 0.501 e. The number of benzene rings is 5. The molecule has 27 nitrogen and oxygen atoms in total. The Balaban J connectivity index is 0.732. The van der Waals surface area contributed by atoms with Gasteiger partial charge in [0.05, 0.1) is 89.9 Å². The number of nitrogens with zero attached hydrogens (tertiary/aromatic N) is 7. The Morgan fingerprint density at radius 2 is 1.36 bits per heavy atom. The fourth-order valence-electron chi connectivity index (χ4n) is 11.0. The number of ketones is 1. The number of ether oxygens (including phenoxy) is 9. The molecule has 1 saturated heterocycles. The second-order valence-corrected chi connectivity index (χ2v) is 23.0. The van der Waals surface area contributed by atoms with Crippen molar-refractivity contribution in [1.29, 1.82) is 0 Å². The maximum absolute atomic E-state index is 14.4. The van der Waals surface area contributed by atoms with Gasteiger partial charge in [0.15, 0.2) is 40.3 Å². The standard InChI is InChI=1S/C63H71N7O20S/c1-80-51-30-46-42(33-66-57-29-38-9-4-5-10-41(38)35-70(57)61(46)76)28-53(51)85-18-6-3-7-19-86-54-32-48-47(31-52(54)81-2)62(77)69-36-43-26-45(14-12-39(43)25-44(69)34-65-48)89-91(78,79)90-55-27-40(13-15-50(55)87-63-60(75)59(74)58(73)56(37-71)88-63)49(72)11-8-17-82-21-23-84-24-22-83-20-16-67-68-64/h4-5,9-10,12-15,26-28,30-34,44,56-60,63,71,73-75H,3,6-8,11,16-25,29,35-37H2,1-2H3/t44-,56+,57?,58-,59-,60-,63+/m0/s1. The summed E-state index contributed by atoms with van der Waals surface area (Å²) in [5, 5.41) is 44.7. The third-order valence-electron chi connectivity index (χ3n) is 15.8. The molecule has 5 heterocycles. The number of aliphatic hydroxyl groups excluding tert-OH is 4. The van der Waals surface area contributed by atoms with Gasteiger partial charge >= 0.3 is 10.4 Å². The second-order valence-electron chi connectivity index (χ2n) is 21.8. The van der Waals surface area contributed by atoms with Crippen molar-refractivity contribution in [2.24, 2.45) is 15.1 Å². The van der Waals surface area contributed by atoms with Crippen molar-refractivity contribution in [1.82, 2.24) is 9.80 Å². The van der Waals surface area contributed by atoms with E-state index in [1.807, 2.05) is 18.2 Å². The van der Waals surface area contributed by atoms with Crippen LogP contribution >= 0.6 is 0 Å². The fourth-order valence-corrected chi connectivity index (χ4v) is 11.7. The molecule has 0 saturated carbocycles. The van der Waals surface area contributed by atoms with E-state index in [0.717, 1.165) is 23.6 Å². The molecule has 5 aliphatic rings. The molecule has 0 spiro atoms. The van der Waals surface area contributed by atoms with Crippen LogP contribution in [0.25, 0.3) is 10.4 Å². The van der Waals surface area contributed by atoms with Crippen LogP contribution in [0.1, 0.15) is 91.0 Å². The Morgan fingerprint density at radius 3 is 2.10 bits per heavy atom. The van der Waals surface area contributed by atoms with Crippen molar-refractivity contribution in [2.45, 2.75) is 101 Å². The Kier molecular flexibility index (Phi) is 22.0. The van der Waals surface area contributed by atoms with Crippen LogP contribution in [0, 0.1) is 0 Å². The number of methoxy groups -OCH3 is 2. The Hall–Kier alpha value is -8.41. The molecule has 5 aliphatic heterocycles. The van der Waals surface area contributed by atoms with Crippen molar-refractivity contribution in [3.8, 4) is 40.2 Å². The lowest BCUT2D eigenvalue weighted by molar-refractivity contribution is -0.277. The number of amides is 2. The number of hydrogen-bond acceptors (Lipinski definition) is 23. The van der Waals surface area contributed by atoms with Gasteiger partial charge in [-0.3, -0.25) is 24.4 Å². The molecule has 0 aliphatic carbocycles. The molecule has 484 valence electrons. The van der Waals surface area contributed by atoms with Crippen LogP contribution in [0.3, 0.4) is 0 Å². The summed E-state index contributed by atoms with van der Waals surface area (Å²) >= 11 is 0. The van der Waals surface area contributed by atoms with Crippen LogP contribution in [0.5, 0.6) is 40.2 Å². The number of unbranched alkanes of at least 4 members (excludes halogenated alkanes) is 2. The molecule has 1 unspecified atom stereocenters. The predicted molar refractivity (Wildman–Crippen MR) is 325 cm³/mol. The summed E-state index contributed by atoms with van der Waals surface area (Å²) in [6, 6.07) is 22.5. The van der Waals surface area contributed by atoms with Crippen molar-refractivity contribution in [3.05, 3.63) is 140 Å². The van der Waals surface area contributed by atoms with E-state index in [0.29, 0.717) is 104 Å². The second kappa shape index (κ2) is 30.6. The van der Waals surface area contributed by atoms with Crippen LogP contribution in [-0.4, -0.2) is 192 Å². The summed E-state index contributed by atoms with van der Waals surface area (Å²) in [5.41, 5.74) is 13.8. The van der Waals surface area contributed by atoms with Crippen molar-refractivity contribution in [2.75, 3.05) is 80.2 Å². The van der Waals surface area contributed by atoms with Gasteiger partial charge in [0.2, 0.25) is 6.29 Å². The van der Waals surface area contributed by atoms with Crippen LogP contribution in [0.15, 0.2) is 100 Å². The maximum atomic E-state index is 14.4. The average molecular weight is 1280 g/mol. The van der Waals surface area contributed by atoms with Crippen molar-refractivity contribution >= 4 is 46.1 Å². The number of aliphatic imine (C=N–C) groups is 2. The number of azide groups is 1.